The summed E-state index contributed by atoms with van der Waals surface area (Å²) >= 11 is 0. The molecule has 5 aromatic rings. The van der Waals surface area contributed by atoms with Crippen molar-refractivity contribution in [3.05, 3.63) is 55.4 Å². The second kappa shape index (κ2) is 10.9. The van der Waals surface area contributed by atoms with E-state index in [9.17, 15) is 5.26 Å². The van der Waals surface area contributed by atoms with E-state index in [-0.39, 0.29) is 12.0 Å². The molecule has 1 fully saturated rings. The van der Waals surface area contributed by atoms with Gasteiger partial charge in [0.15, 0.2) is 0 Å². The number of anilines is 1. The van der Waals surface area contributed by atoms with E-state index < -0.39 is 8.07 Å². The van der Waals surface area contributed by atoms with Crippen molar-refractivity contribution < 1.29 is 9.15 Å². The van der Waals surface area contributed by atoms with Crippen molar-refractivity contribution >= 4 is 36.4 Å². The van der Waals surface area contributed by atoms with E-state index in [1.54, 1.807) is 12.5 Å². The maximum atomic E-state index is 9.69. The molecule has 2 unspecified atom stereocenters. The van der Waals surface area contributed by atoms with Gasteiger partial charge in [0.25, 0.3) is 6.01 Å². The van der Waals surface area contributed by atoms with Crippen molar-refractivity contribution in [2.75, 3.05) is 24.6 Å². The van der Waals surface area contributed by atoms with Gasteiger partial charge in [-0.3, -0.25) is 0 Å². The largest absolute Gasteiger partial charge is 0.404 e. The molecule has 10 nitrogen and oxygen atoms in total. The van der Waals surface area contributed by atoms with Crippen LogP contribution in [0.25, 0.3) is 33.5 Å². The van der Waals surface area contributed by atoms with Gasteiger partial charge in [0.1, 0.15) is 24.2 Å². The molecular formula is C29H34N8O2Si. The lowest BCUT2D eigenvalue weighted by Gasteiger charge is -2.23. The molecule has 1 aliphatic rings. The van der Waals surface area contributed by atoms with Gasteiger partial charge in [0, 0.05) is 63.5 Å². The molecule has 0 aliphatic carbocycles. The van der Waals surface area contributed by atoms with Gasteiger partial charge < -0.3 is 23.2 Å². The molecular weight excluding hydrogens is 520 g/mol. The average Bonchev–Trinajstić information content (AvgIpc) is 3.74. The van der Waals surface area contributed by atoms with Crippen LogP contribution in [0.2, 0.25) is 25.7 Å². The normalized spacial score (nSPS) is 16.6. The van der Waals surface area contributed by atoms with Crippen molar-refractivity contribution in [1.29, 1.82) is 5.26 Å². The SMILES string of the molecule is C[Si](C)(C)CCOCn1ccc2c(-c3ccn(C(CC#N)C4CCN(c5nc6cccnc6o5)C4)c3)ncnc21. The summed E-state index contributed by atoms with van der Waals surface area (Å²) in [5.41, 5.74) is 4.05. The molecule has 0 spiro atoms. The Balaban J connectivity index is 1.19. The molecule has 0 aromatic carbocycles. The lowest BCUT2D eigenvalue weighted by atomic mass is 9.96. The second-order valence-electron chi connectivity index (χ2n) is 11.7. The van der Waals surface area contributed by atoms with Gasteiger partial charge in [-0.1, -0.05) is 19.6 Å². The molecule has 0 amide bonds. The monoisotopic (exact) mass is 554 g/mol. The quantitative estimate of drug-likeness (QED) is 0.159. The standard InChI is InChI=1S/C29H34N8O2Si/c1-40(2,3)16-15-38-20-37-14-9-23-26(32-19-33-27(23)37)22-8-12-35(18-22)25(6-10-30)21-7-13-36(17-21)29-34-24-5-4-11-31-28(24)39-29/h4-5,8-9,11-12,14,18-19,21,25H,6-7,13,15-17,20H2,1-3H3. The minimum absolute atomic E-state index is 0.0351. The molecule has 1 aliphatic heterocycles. The highest BCUT2D eigenvalue weighted by atomic mass is 28.3. The van der Waals surface area contributed by atoms with Crippen molar-refractivity contribution in [3.8, 4) is 17.3 Å². The van der Waals surface area contributed by atoms with E-state index in [4.69, 9.17) is 9.15 Å². The van der Waals surface area contributed by atoms with E-state index in [2.05, 4.69) is 79.6 Å². The summed E-state index contributed by atoms with van der Waals surface area (Å²) < 4.78 is 16.1. The van der Waals surface area contributed by atoms with Gasteiger partial charge in [-0.05, 0) is 42.6 Å². The molecule has 206 valence electrons. The Morgan fingerprint density at radius 1 is 1.18 bits per heavy atom. The van der Waals surface area contributed by atoms with Crippen LogP contribution in [0.1, 0.15) is 18.9 Å². The fourth-order valence-corrected chi connectivity index (χ4v) is 6.17. The lowest BCUT2D eigenvalue weighted by Crippen LogP contribution is -2.24. The van der Waals surface area contributed by atoms with Gasteiger partial charge in [0.2, 0.25) is 5.71 Å². The summed E-state index contributed by atoms with van der Waals surface area (Å²) in [6, 6.07) is 12.1. The van der Waals surface area contributed by atoms with Gasteiger partial charge in [0.05, 0.1) is 24.2 Å². The Labute approximate surface area is 234 Å². The molecule has 5 aromatic heterocycles. The van der Waals surface area contributed by atoms with Gasteiger partial charge >= 0.3 is 0 Å². The highest BCUT2D eigenvalue weighted by Gasteiger charge is 2.33. The third kappa shape index (κ3) is 5.37. The van der Waals surface area contributed by atoms with Crippen LogP contribution < -0.4 is 4.90 Å². The van der Waals surface area contributed by atoms with Crippen molar-refractivity contribution in [2.24, 2.45) is 5.92 Å². The summed E-state index contributed by atoms with van der Waals surface area (Å²) in [7, 11) is -1.13. The van der Waals surface area contributed by atoms with E-state index in [1.165, 1.54) is 0 Å². The highest BCUT2D eigenvalue weighted by molar-refractivity contribution is 6.76. The minimum atomic E-state index is -1.13. The van der Waals surface area contributed by atoms with Crippen LogP contribution >= 0.6 is 0 Å². The van der Waals surface area contributed by atoms with Crippen LogP contribution in [-0.2, 0) is 11.5 Å². The molecule has 0 N–H and O–H groups in total. The molecule has 0 bridgehead atoms. The van der Waals surface area contributed by atoms with Crippen molar-refractivity contribution in [1.82, 2.24) is 29.1 Å². The van der Waals surface area contributed by atoms with Crippen molar-refractivity contribution in [2.45, 2.75) is 51.3 Å². The topological polar surface area (TPSA) is 111 Å². The van der Waals surface area contributed by atoms with E-state index >= 15 is 0 Å². The summed E-state index contributed by atoms with van der Waals surface area (Å²) in [4.78, 5) is 20.2. The predicted molar refractivity (Wildman–Crippen MR) is 156 cm³/mol. The summed E-state index contributed by atoms with van der Waals surface area (Å²) in [6.45, 7) is 9.90. The number of nitrogens with zero attached hydrogens (tertiary/aromatic N) is 8. The average molecular weight is 555 g/mol. The number of pyridine rings is 1. The van der Waals surface area contributed by atoms with Crippen molar-refractivity contribution in [3.63, 3.8) is 0 Å². The number of rotatable bonds is 10. The third-order valence-corrected chi connectivity index (χ3v) is 9.35. The first-order valence-electron chi connectivity index (χ1n) is 13.8. The second-order valence-corrected chi connectivity index (χ2v) is 17.3. The molecule has 1 saturated heterocycles. The fourth-order valence-electron chi connectivity index (χ4n) is 5.42. The summed E-state index contributed by atoms with van der Waals surface area (Å²) in [6.07, 6.45) is 10.9. The summed E-state index contributed by atoms with van der Waals surface area (Å²) in [5, 5.41) is 10.7. The van der Waals surface area contributed by atoms with Crippen LogP contribution in [0.4, 0.5) is 6.01 Å². The number of hydrogen-bond donors (Lipinski definition) is 0. The smallest absolute Gasteiger partial charge is 0.299 e. The van der Waals surface area contributed by atoms with E-state index in [0.717, 1.165) is 60.0 Å². The first kappa shape index (κ1) is 26.2. The molecule has 6 heterocycles. The Morgan fingerprint density at radius 3 is 2.90 bits per heavy atom. The van der Waals surface area contributed by atoms with Gasteiger partial charge in [-0.2, -0.15) is 10.2 Å². The fraction of sp³-hybridized carbons (Fsp3) is 0.414. The maximum absolute atomic E-state index is 9.69. The van der Waals surface area contributed by atoms with Crippen LogP contribution in [0.15, 0.2) is 59.8 Å². The number of hydrogen-bond acceptors (Lipinski definition) is 8. The number of ether oxygens (including phenoxy) is 1. The number of aromatic nitrogens is 6. The van der Waals surface area contributed by atoms with Crippen LogP contribution in [0, 0.1) is 17.2 Å². The van der Waals surface area contributed by atoms with E-state index in [1.807, 2.05) is 22.9 Å². The highest BCUT2D eigenvalue weighted by Crippen LogP contribution is 2.35. The molecule has 0 saturated carbocycles. The summed E-state index contributed by atoms with van der Waals surface area (Å²) in [5.74, 6) is 0.280. The minimum Gasteiger partial charge on any atom is -0.404 e. The maximum Gasteiger partial charge on any atom is 0.299 e. The van der Waals surface area contributed by atoms with E-state index in [0.29, 0.717) is 24.9 Å². The molecule has 6 rings (SSSR count). The van der Waals surface area contributed by atoms with Gasteiger partial charge in [-0.15, -0.1) is 0 Å². The van der Waals surface area contributed by atoms with Crippen LogP contribution in [0.3, 0.4) is 0 Å². The van der Waals surface area contributed by atoms with Crippen LogP contribution in [-0.4, -0.2) is 56.8 Å². The first-order chi connectivity index (χ1) is 19.4. The third-order valence-electron chi connectivity index (χ3n) is 7.65. The zero-order valence-electron chi connectivity index (χ0n) is 23.2. The number of nitriles is 1. The molecule has 0 radical (unpaired) electrons. The number of fused-ring (bicyclic) bond motifs is 2. The zero-order valence-corrected chi connectivity index (χ0v) is 24.2. The zero-order chi connectivity index (χ0) is 27.7. The van der Waals surface area contributed by atoms with Crippen LogP contribution in [0.5, 0.6) is 0 Å². The Bertz CT molecular complexity index is 1630. The Morgan fingerprint density at radius 2 is 2.08 bits per heavy atom. The molecule has 2 atom stereocenters. The predicted octanol–water partition coefficient (Wildman–Crippen LogP) is 5.73. The lowest BCUT2D eigenvalue weighted by molar-refractivity contribution is 0.0899. The first-order valence-corrected chi connectivity index (χ1v) is 17.5. The van der Waals surface area contributed by atoms with Gasteiger partial charge in [-0.25, -0.2) is 15.0 Å². The Hall–Kier alpha value is -4.01. The number of oxazole rings is 1. The molecule has 11 heteroatoms. The Kier molecular flexibility index (Phi) is 7.12. The molecule has 40 heavy (non-hydrogen) atoms.